The highest BCUT2D eigenvalue weighted by Gasteiger charge is 2.31. The van der Waals surface area contributed by atoms with E-state index in [4.69, 9.17) is 0 Å². The number of nitrogens with one attached hydrogen (secondary N) is 4. The van der Waals surface area contributed by atoms with Gasteiger partial charge in [0.15, 0.2) is 0 Å². The highest BCUT2D eigenvalue weighted by molar-refractivity contribution is 5.92. The molecule has 1 unspecified atom stereocenters. The Bertz CT molecular complexity index is 581. The normalized spacial score (nSPS) is 20.1. The molecule has 0 bridgehead atoms. The maximum Gasteiger partial charge on any atom is 0.337 e. The van der Waals surface area contributed by atoms with Crippen LogP contribution in [0.2, 0.25) is 0 Å². The molecule has 0 saturated heterocycles. The van der Waals surface area contributed by atoms with Gasteiger partial charge in [-0.1, -0.05) is 6.08 Å². The van der Waals surface area contributed by atoms with E-state index in [1.165, 1.54) is 6.08 Å². The molecule has 0 aromatic heterocycles. The minimum atomic E-state index is -1.14. The van der Waals surface area contributed by atoms with Gasteiger partial charge in [-0.25, -0.2) is 14.4 Å². The molecule has 8 nitrogen and oxygen atoms in total. The van der Waals surface area contributed by atoms with Gasteiger partial charge in [-0.3, -0.25) is 0 Å². The number of rotatable bonds is 5. The molecule has 1 aliphatic carbocycles. The average molecular weight is 338 g/mol. The molecule has 0 aromatic carbocycles. The molecule has 0 spiro atoms. The van der Waals surface area contributed by atoms with E-state index in [0.29, 0.717) is 0 Å². The lowest BCUT2D eigenvalue weighted by Crippen LogP contribution is -2.53. The minimum Gasteiger partial charge on any atom is -0.478 e. The summed E-state index contributed by atoms with van der Waals surface area (Å²) < 4.78 is 0. The molecule has 0 saturated carbocycles. The number of carbonyl (C=O) groups excluding carboxylic acids is 2. The Morgan fingerprint density at radius 2 is 1.62 bits per heavy atom. The Labute approximate surface area is 141 Å². The summed E-state index contributed by atoms with van der Waals surface area (Å²) in [5.41, 5.74) is -0.564. The van der Waals surface area contributed by atoms with Gasteiger partial charge in [-0.2, -0.15) is 0 Å². The Hall–Kier alpha value is -2.51. The molecule has 0 fully saturated rings. The lowest BCUT2D eigenvalue weighted by molar-refractivity contribution is -0.132. The molecule has 0 heterocycles. The van der Waals surface area contributed by atoms with Gasteiger partial charge in [-0.15, -0.1) is 0 Å². The Kier molecular flexibility index (Phi) is 6.39. The van der Waals surface area contributed by atoms with Crippen molar-refractivity contribution in [3.05, 3.63) is 23.4 Å². The minimum absolute atomic E-state index is 0.00236. The fourth-order valence-electron chi connectivity index (χ4n) is 2.28. The summed E-state index contributed by atoms with van der Waals surface area (Å²) in [6.07, 6.45) is 3.16. The molecule has 0 aromatic rings. The number of aliphatic carboxylic acids is 1. The van der Waals surface area contributed by atoms with Crippen molar-refractivity contribution in [1.82, 2.24) is 21.3 Å². The molecule has 1 rings (SSSR count). The number of carboxylic acids is 1. The molecule has 8 heteroatoms. The van der Waals surface area contributed by atoms with Crippen LogP contribution in [-0.4, -0.2) is 40.8 Å². The summed E-state index contributed by atoms with van der Waals surface area (Å²) in [5.74, 6) is -1.14. The van der Waals surface area contributed by atoms with E-state index in [1.54, 1.807) is 26.8 Å². The van der Waals surface area contributed by atoms with E-state index in [-0.39, 0.29) is 35.8 Å². The van der Waals surface area contributed by atoms with Crippen LogP contribution in [0.4, 0.5) is 9.59 Å². The summed E-state index contributed by atoms with van der Waals surface area (Å²) in [5, 5.41) is 20.0. The molecule has 1 aliphatic rings. The van der Waals surface area contributed by atoms with Crippen LogP contribution in [0.5, 0.6) is 0 Å². The molecule has 24 heavy (non-hydrogen) atoms. The Morgan fingerprint density at radius 3 is 2.12 bits per heavy atom. The van der Waals surface area contributed by atoms with Crippen molar-refractivity contribution >= 4 is 18.0 Å². The van der Waals surface area contributed by atoms with Crippen LogP contribution in [0.3, 0.4) is 0 Å². The molecule has 1 atom stereocenters. The SMILES string of the molecule is CC(C)NC(=O)NC1=C(C(=O)O)C=CC(C)(NC(=O)NC(C)C)C1. The zero-order chi connectivity index (χ0) is 18.5. The predicted molar refractivity (Wildman–Crippen MR) is 90.4 cm³/mol. The molecule has 5 N–H and O–H groups in total. The zero-order valence-electron chi connectivity index (χ0n) is 14.7. The van der Waals surface area contributed by atoms with E-state index in [2.05, 4.69) is 21.3 Å². The first-order valence-corrected chi connectivity index (χ1v) is 7.84. The van der Waals surface area contributed by atoms with Gasteiger partial charge >= 0.3 is 18.0 Å². The van der Waals surface area contributed by atoms with E-state index in [9.17, 15) is 19.5 Å². The van der Waals surface area contributed by atoms with Crippen LogP contribution in [0.15, 0.2) is 23.4 Å². The summed E-state index contributed by atoms with van der Waals surface area (Å²) in [7, 11) is 0. The standard InChI is InChI=1S/C16H26N4O4/c1-9(2)17-14(23)19-12-8-16(5,7-6-11(12)13(21)22)20-15(24)18-10(3)4/h6-7,9-10H,8H2,1-5H3,(H,21,22)(H2,17,19,23)(H2,18,20,24). The Morgan fingerprint density at radius 1 is 1.08 bits per heavy atom. The van der Waals surface area contributed by atoms with Gasteiger partial charge in [-0.05, 0) is 40.7 Å². The second-order valence-electron chi connectivity index (χ2n) is 6.63. The third-order valence-corrected chi connectivity index (χ3v) is 3.22. The fourth-order valence-corrected chi connectivity index (χ4v) is 2.28. The van der Waals surface area contributed by atoms with Crippen molar-refractivity contribution in [3.8, 4) is 0 Å². The number of amides is 4. The first-order chi connectivity index (χ1) is 11.0. The first kappa shape index (κ1) is 19.5. The number of hydrogen-bond acceptors (Lipinski definition) is 3. The average Bonchev–Trinajstić information content (AvgIpc) is 2.34. The summed E-state index contributed by atoms with van der Waals surface area (Å²) in [6.45, 7) is 9.03. The van der Waals surface area contributed by atoms with Crippen molar-refractivity contribution in [2.75, 3.05) is 0 Å². The van der Waals surface area contributed by atoms with Crippen molar-refractivity contribution in [2.24, 2.45) is 0 Å². The largest absolute Gasteiger partial charge is 0.478 e. The zero-order valence-corrected chi connectivity index (χ0v) is 14.7. The number of carboxylic acid groups (broad SMARTS) is 1. The highest BCUT2D eigenvalue weighted by Crippen LogP contribution is 2.25. The predicted octanol–water partition coefficient (Wildman–Crippen LogP) is 1.46. The Balaban J connectivity index is 2.92. The maximum absolute atomic E-state index is 11.9. The van der Waals surface area contributed by atoms with E-state index >= 15 is 0 Å². The molecular weight excluding hydrogens is 312 g/mol. The van der Waals surface area contributed by atoms with E-state index in [1.807, 2.05) is 13.8 Å². The summed E-state index contributed by atoms with van der Waals surface area (Å²) in [4.78, 5) is 35.2. The lowest BCUT2D eigenvalue weighted by Gasteiger charge is -2.32. The third kappa shape index (κ3) is 5.94. The third-order valence-electron chi connectivity index (χ3n) is 3.22. The van der Waals surface area contributed by atoms with Gasteiger partial charge < -0.3 is 26.4 Å². The molecule has 0 aliphatic heterocycles. The fraction of sp³-hybridized carbons (Fsp3) is 0.562. The van der Waals surface area contributed by atoms with Crippen LogP contribution >= 0.6 is 0 Å². The molecule has 4 amide bonds. The van der Waals surface area contributed by atoms with Crippen LogP contribution in [0, 0.1) is 0 Å². The topological polar surface area (TPSA) is 120 Å². The number of carbonyl (C=O) groups is 3. The van der Waals surface area contributed by atoms with Gasteiger partial charge in [0.05, 0.1) is 11.1 Å². The van der Waals surface area contributed by atoms with Gasteiger partial charge in [0.2, 0.25) is 0 Å². The maximum atomic E-state index is 11.9. The molecular formula is C16H26N4O4. The number of hydrogen-bond donors (Lipinski definition) is 5. The van der Waals surface area contributed by atoms with Gasteiger partial charge in [0.1, 0.15) is 0 Å². The van der Waals surface area contributed by atoms with Crippen molar-refractivity contribution in [3.63, 3.8) is 0 Å². The van der Waals surface area contributed by atoms with Gasteiger partial charge in [0, 0.05) is 24.2 Å². The van der Waals surface area contributed by atoms with Gasteiger partial charge in [0.25, 0.3) is 0 Å². The molecule has 134 valence electrons. The molecule has 0 radical (unpaired) electrons. The monoisotopic (exact) mass is 338 g/mol. The van der Waals surface area contributed by atoms with Crippen molar-refractivity contribution < 1.29 is 19.5 Å². The van der Waals surface area contributed by atoms with Crippen molar-refractivity contribution in [2.45, 2.75) is 58.7 Å². The highest BCUT2D eigenvalue weighted by atomic mass is 16.4. The van der Waals surface area contributed by atoms with Crippen LogP contribution < -0.4 is 21.3 Å². The lowest BCUT2D eigenvalue weighted by atomic mass is 9.88. The van der Waals surface area contributed by atoms with E-state index < -0.39 is 17.5 Å². The van der Waals surface area contributed by atoms with Crippen LogP contribution in [0.1, 0.15) is 41.0 Å². The summed E-state index contributed by atoms with van der Waals surface area (Å²) >= 11 is 0. The van der Waals surface area contributed by atoms with Crippen LogP contribution in [-0.2, 0) is 4.79 Å². The van der Waals surface area contributed by atoms with Crippen LogP contribution in [0.25, 0.3) is 0 Å². The number of urea groups is 2. The van der Waals surface area contributed by atoms with Crippen molar-refractivity contribution in [1.29, 1.82) is 0 Å². The second kappa shape index (κ2) is 7.85. The van der Waals surface area contributed by atoms with E-state index in [0.717, 1.165) is 0 Å². The quantitative estimate of drug-likeness (QED) is 0.521. The first-order valence-electron chi connectivity index (χ1n) is 7.84. The second-order valence-corrected chi connectivity index (χ2v) is 6.63. The smallest absolute Gasteiger partial charge is 0.337 e. The summed E-state index contributed by atoms with van der Waals surface area (Å²) in [6, 6.07) is -0.954.